The molecular weight excluding hydrogens is 222 g/mol. The third-order valence-corrected chi connectivity index (χ3v) is 5.77. The van der Waals surface area contributed by atoms with Crippen molar-refractivity contribution in [3.05, 3.63) is 0 Å². The van der Waals surface area contributed by atoms with Crippen LogP contribution >= 0.6 is 0 Å². The Hall–Kier alpha value is -0.0800. The van der Waals surface area contributed by atoms with Crippen molar-refractivity contribution in [1.82, 2.24) is 5.32 Å². The maximum atomic E-state index is 6.39. The molecule has 0 bridgehead atoms. The summed E-state index contributed by atoms with van der Waals surface area (Å²) in [6, 6.07) is 0.654. The van der Waals surface area contributed by atoms with Crippen LogP contribution in [-0.2, 0) is 4.74 Å². The fraction of sp³-hybridized carbons (Fsp3) is 1.00. The molecule has 18 heavy (non-hydrogen) atoms. The van der Waals surface area contributed by atoms with Crippen LogP contribution in [0.15, 0.2) is 0 Å². The van der Waals surface area contributed by atoms with Crippen LogP contribution in [0.4, 0.5) is 0 Å². The Labute approximate surface area is 112 Å². The lowest BCUT2D eigenvalue weighted by Crippen LogP contribution is -2.63. The van der Waals surface area contributed by atoms with Gasteiger partial charge >= 0.3 is 0 Å². The summed E-state index contributed by atoms with van der Waals surface area (Å²) in [5, 5.41) is 3.82. The molecule has 2 nitrogen and oxygen atoms in total. The molecule has 1 heterocycles. The van der Waals surface area contributed by atoms with Gasteiger partial charge in [0.1, 0.15) is 0 Å². The Kier molecular flexibility index (Phi) is 3.68. The van der Waals surface area contributed by atoms with E-state index in [4.69, 9.17) is 4.74 Å². The molecule has 2 heteroatoms. The summed E-state index contributed by atoms with van der Waals surface area (Å²) >= 11 is 0. The van der Waals surface area contributed by atoms with Crippen molar-refractivity contribution < 1.29 is 4.74 Å². The highest BCUT2D eigenvalue weighted by Gasteiger charge is 2.49. The first-order valence-corrected chi connectivity index (χ1v) is 8.09. The minimum Gasteiger partial charge on any atom is -0.372 e. The van der Waals surface area contributed by atoms with Crippen LogP contribution < -0.4 is 5.32 Å². The quantitative estimate of drug-likeness (QED) is 0.812. The van der Waals surface area contributed by atoms with Gasteiger partial charge in [0.05, 0.1) is 12.2 Å². The standard InChI is InChI=1S/C16H29NO/c1-12(2)14-7-4-8-16(11-14)15(13-5-3-6-13)17-9-10-18-16/h12-15,17H,3-11H2,1-2H3. The second-order valence-electron chi connectivity index (χ2n) is 7.14. The zero-order valence-corrected chi connectivity index (χ0v) is 12.1. The van der Waals surface area contributed by atoms with Gasteiger partial charge in [0, 0.05) is 12.6 Å². The van der Waals surface area contributed by atoms with E-state index >= 15 is 0 Å². The Bertz CT molecular complexity index is 283. The molecule has 2 saturated carbocycles. The maximum absolute atomic E-state index is 6.39. The van der Waals surface area contributed by atoms with E-state index in [2.05, 4.69) is 19.2 Å². The third kappa shape index (κ3) is 2.22. The maximum Gasteiger partial charge on any atom is 0.0840 e. The number of morpholine rings is 1. The Morgan fingerprint density at radius 2 is 2.00 bits per heavy atom. The van der Waals surface area contributed by atoms with Crippen LogP contribution in [0.2, 0.25) is 0 Å². The van der Waals surface area contributed by atoms with E-state index in [0.29, 0.717) is 6.04 Å². The zero-order chi connectivity index (χ0) is 12.6. The first-order valence-electron chi connectivity index (χ1n) is 8.09. The van der Waals surface area contributed by atoms with Gasteiger partial charge in [-0.25, -0.2) is 0 Å². The molecule has 2 aliphatic carbocycles. The van der Waals surface area contributed by atoms with Crippen molar-refractivity contribution in [1.29, 1.82) is 0 Å². The van der Waals surface area contributed by atoms with Crippen molar-refractivity contribution in [3.8, 4) is 0 Å². The van der Waals surface area contributed by atoms with Gasteiger partial charge in [0.25, 0.3) is 0 Å². The first-order chi connectivity index (χ1) is 8.71. The van der Waals surface area contributed by atoms with Crippen molar-refractivity contribution in [2.45, 2.75) is 70.4 Å². The lowest BCUT2D eigenvalue weighted by molar-refractivity contribution is -0.149. The molecule has 3 fully saturated rings. The van der Waals surface area contributed by atoms with Gasteiger partial charge in [-0.05, 0) is 49.9 Å². The highest BCUT2D eigenvalue weighted by molar-refractivity contribution is 5.04. The van der Waals surface area contributed by atoms with Gasteiger partial charge in [-0.1, -0.05) is 26.7 Å². The average Bonchev–Trinajstić information content (AvgIpc) is 2.30. The molecule has 1 spiro atoms. The van der Waals surface area contributed by atoms with Crippen molar-refractivity contribution in [3.63, 3.8) is 0 Å². The summed E-state index contributed by atoms with van der Waals surface area (Å²) in [6.07, 6.45) is 9.67. The third-order valence-electron chi connectivity index (χ3n) is 5.77. The number of hydrogen-bond acceptors (Lipinski definition) is 2. The summed E-state index contributed by atoms with van der Waals surface area (Å²) in [4.78, 5) is 0. The molecule has 1 aliphatic heterocycles. The SMILES string of the molecule is CC(C)C1CCCC2(C1)OCCNC2C1CCC1. The minimum atomic E-state index is 0.191. The van der Waals surface area contributed by atoms with E-state index < -0.39 is 0 Å². The van der Waals surface area contributed by atoms with Crippen molar-refractivity contribution in [2.24, 2.45) is 17.8 Å². The van der Waals surface area contributed by atoms with Gasteiger partial charge in [0.15, 0.2) is 0 Å². The van der Waals surface area contributed by atoms with E-state index in [-0.39, 0.29) is 5.60 Å². The largest absolute Gasteiger partial charge is 0.372 e. The molecular formula is C16H29NO. The van der Waals surface area contributed by atoms with Crippen LogP contribution in [0, 0.1) is 17.8 Å². The molecule has 3 atom stereocenters. The molecule has 3 rings (SSSR count). The first kappa shape index (κ1) is 12.9. The predicted octanol–water partition coefficient (Wildman–Crippen LogP) is 3.36. The second kappa shape index (κ2) is 5.13. The summed E-state index contributed by atoms with van der Waals surface area (Å²) < 4.78 is 6.39. The van der Waals surface area contributed by atoms with Gasteiger partial charge in [0.2, 0.25) is 0 Å². The fourth-order valence-corrected chi connectivity index (χ4v) is 4.41. The van der Waals surface area contributed by atoms with Gasteiger partial charge in [-0.15, -0.1) is 0 Å². The molecule has 1 N–H and O–H groups in total. The molecule has 0 aromatic heterocycles. The monoisotopic (exact) mass is 251 g/mol. The van der Waals surface area contributed by atoms with Gasteiger partial charge < -0.3 is 10.1 Å². The predicted molar refractivity (Wildman–Crippen MR) is 74.6 cm³/mol. The molecule has 1 saturated heterocycles. The lowest BCUT2D eigenvalue weighted by atomic mass is 9.64. The molecule has 0 aromatic carbocycles. The topological polar surface area (TPSA) is 21.3 Å². The van der Waals surface area contributed by atoms with Crippen LogP contribution in [-0.4, -0.2) is 24.8 Å². The minimum absolute atomic E-state index is 0.191. The van der Waals surface area contributed by atoms with Gasteiger partial charge in [-0.2, -0.15) is 0 Å². The Morgan fingerprint density at radius 3 is 2.67 bits per heavy atom. The van der Waals surface area contributed by atoms with Crippen LogP contribution in [0.3, 0.4) is 0 Å². The molecule has 104 valence electrons. The highest BCUT2D eigenvalue weighted by atomic mass is 16.5. The molecule has 0 amide bonds. The Balaban J connectivity index is 1.76. The lowest BCUT2D eigenvalue weighted by Gasteiger charge is -2.53. The second-order valence-corrected chi connectivity index (χ2v) is 7.14. The van der Waals surface area contributed by atoms with E-state index in [1.54, 1.807) is 0 Å². The van der Waals surface area contributed by atoms with Crippen LogP contribution in [0.25, 0.3) is 0 Å². The van der Waals surface area contributed by atoms with Crippen LogP contribution in [0.5, 0.6) is 0 Å². The van der Waals surface area contributed by atoms with E-state index in [9.17, 15) is 0 Å². The zero-order valence-electron chi connectivity index (χ0n) is 12.1. The fourth-order valence-electron chi connectivity index (χ4n) is 4.41. The summed E-state index contributed by atoms with van der Waals surface area (Å²) in [7, 11) is 0. The molecule has 0 aromatic rings. The van der Waals surface area contributed by atoms with Crippen molar-refractivity contribution in [2.75, 3.05) is 13.2 Å². The van der Waals surface area contributed by atoms with Crippen LogP contribution in [0.1, 0.15) is 58.8 Å². The average molecular weight is 251 g/mol. The van der Waals surface area contributed by atoms with Crippen molar-refractivity contribution >= 4 is 0 Å². The molecule has 0 radical (unpaired) electrons. The molecule has 3 unspecified atom stereocenters. The van der Waals surface area contributed by atoms with E-state index in [1.807, 2.05) is 0 Å². The highest BCUT2D eigenvalue weighted by Crippen LogP contribution is 2.46. The molecule has 3 aliphatic rings. The number of nitrogens with one attached hydrogen (secondary N) is 1. The smallest absolute Gasteiger partial charge is 0.0840 e. The number of hydrogen-bond donors (Lipinski definition) is 1. The normalized spacial score (nSPS) is 42.2. The van der Waals surface area contributed by atoms with E-state index in [1.165, 1.54) is 44.9 Å². The number of ether oxygens (including phenoxy) is 1. The summed E-state index contributed by atoms with van der Waals surface area (Å²) in [5.74, 6) is 2.59. The summed E-state index contributed by atoms with van der Waals surface area (Å²) in [6.45, 7) is 6.76. The Morgan fingerprint density at radius 1 is 1.17 bits per heavy atom. The summed E-state index contributed by atoms with van der Waals surface area (Å²) in [5.41, 5.74) is 0.191. The van der Waals surface area contributed by atoms with Gasteiger partial charge in [-0.3, -0.25) is 0 Å². The number of rotatable bonds is 2. The van der Waals surface area contributed by atoms with E-state index in [0.717, 1.165) is 30.9 Å².